The quantitative estimate of drug-likeness (QED) is 0.487. The first-order valence-corrected chi connectivity index (χ1v) is 11.0. The van der Waals surface area contributed by atoms with Crippen LogP contribution in [0, 0.1) is 6.92 Å². The Bertz CT molecular complexity index is 1070. The number of carbonyl (C=O) groups is 1. The van der Waals surface area contributed by atoms with Gasteiger partial charge in [0.1, 0.15) is 5.82 Å². The molecular weight excluding hydrogens is 420 g/mol. The van der Waals surface area contributed by atoms with Crippen molar-refractivity contribution in [3.05, 3.63) is 54.2 Å². The van der Waals surface area contributed by atoms with Crippen molar-refractivity contribution in [3.63, 3.8) is 0 Å². The minimum Gasteiger partial charge on any atom is -0.481 e. The molecule has 1 saturated heterocycles. The van der Waals surface area contributed by atoms with E-state index in [1.54, 1.807) is 31.2 Å². The molecule has 9 nitrogen and oxygen atoms in total. The minimum absolute atomic E-state index is 0.0607. The highest BCUT2D eigenvalue weighted by Gasteiger charge is 2.26. The van der Waals surface area contributed by atoms with Crippen LogP contribution < -0.4 is 20.7 Å². The normalized spacial score (nSPS) is 17.7. The van der Waals surface area contributed by atoms with E-state index >= 15 is 0 Å². The lowest BCUT2D eigenvalue weighted by Gasteiger charge is -2.15. The van der Waals surface area contributed by atoms with Crippen LogP contribution in [0.2, 0.25) is 0 Å². The third kappa shape index (κ3) is 5.32. The Morgan fingerprint density at radius 2 is 2.03 bits per heavy atom. The molecule has 0 aliphatic carbocycles. The van der Waals surface area contributed by atoms with Crippen molar-refractivity contribution < 1.29 is 14.3 Å². The molecule has 1 aromatic carbocycles. The second-order valence-corrected chi connectivity index (χ2v) is 8.08. The van der Waals surface area contributed by atoms with E-state index < -0.39 is 0 Å². The average molecular weight is 451 g/mol. The lowest BCUT2D eigenvalue weighted by molar-refractivity contribution is 0.185. The molecule has 2 amide bonds. The number of ether oxygens (including phenoxy) is 2. The Labute approximate surface area is 193 Å². The van der Waals surface area contributed by atoms with Gasteiger partial charge < -0.3 is 20.1 Å². The van der Waals surface area contributed by atoms with Gasteiger partial charge in [-0.3, -0.25) is 5.32 Å². The number of rotatable bonds is 8. The van der Waals surface area contributed by atoms with E-state index in [-0.39, 0.29) is 12.1 Å². The van der Waals surface area contributed by atoms with Crippen molar-refractivity contribution >= 4 is 11.8 Å². The van der Waals surface area contributed by atoms with E-state index in [0.29, 0.717) is 24.3 Å². The number of para-hydroxylation sites is 1. The zero-order valence-corrected chi connectivity index (χ0v) is 19.2. The summed E-state index contributed by atoms with van der Waals surface area (Å²) in [6, 6.07) is 13.6. The summed E-state index contributed by atoms with van der Waals surface area (Å²) in [5.74, 6) is 1.15. The molecule has 3 N–H and O–H groups in total. The zero-order valence-electron chi connectivity index (χ0n) is 19.2. The van der Waals surface area contributed by atoms with E-state index in [1.807, 2.05) is 43.3 Å². The van der Waals surface area contributed by atoms with Crippen LogP contribution in [0.25, 0.3) is 16.9 Å². The van der Waals surface area contributed by atoms with Crippen LogP contribution in [-0.2, 0) is 4.74 Å². The fourth-order valence-electron chi connectivity index (χ4n) is 4.05. The van der Waals surface area contributed by atoms with Crippen LogP contribution in [-0.4, -0.2) is 60.3 Å². The molecule has 3 heterocycles. The smallest absolute Gasteiger partial charge is 0.320 e. The molecule has 4 rings (SSSR count). The Hall–Kier alpha value is -3.43. The van der Waals surface area contributed by atoms with E-state index in [0.717, 1.165) is 41.9 Å². The largest absolute Gasteiger partial charge is 0.481 e. The highest BCUT2D eigenvalue weighted by Crippen LogP contribution is 2.30. The van der Waals surface area contributed by atoms with Crippen molar-refractivity contribution in [2.75, 3.05) is 32.7 Å². The number of nitrogens with zero attached hydrogens (tertiary/aromatic N) is 3. The van der Waals surface area contributed by atoms with Gasteiger partial charge >= 0.3 is 6.03 Å². The standard InChI is InChI=1S/C24H30N6O3/c1-16-22(17-9-10-21(33-3)26-14-17)29-30(20-7-5-4-6-8-20)23(16)28-24(31)27-19-13-18(25-15-19)11-12-32-2/h4-10,14,18-19,25H,11-13,15H2,1-3H3,(H2,27,28,31)/t18-,19-/m1/s1. The molecule has 2 aromatic heterocycles. The predicted molar refractivity (Wildman–Crippen MR) is 127 cm³/mol. The van der Waals surface area contributed by atoms with E-state index in [1.165, 1.54) is 0 Å². The monoisotopic (exact) mass is 450 g/mol. The molecule has 174 valence electrons. The second-order valence-electron chi connectivity index (χ2n) is 8.08. The number of aromatic nitrogens is 3. The summed E-state index contributed by atoms with van der Waals surface area (Å²) in [6.45, 7) is 3.38. The first-order chi connectivity index (χ1) is 16.1. The van der Waals surface area contributed by atoms with Gasteiger partial charge in [-0.1, -0.05) is 18.2 Å². The SMILES string of the molecule is COCC[C@@H]1C[C@@H](NC(=O)Nc2c(C)c(-c3ccc(OC)nc3)nn2-c2ccccc2)CN1. The molecular formula is C24H30N6O3. The van der Waals surface area contributed by atoms with Crippen molar-refractivity contribution in [1.82, 2.24) is 25.4 Å². The lowest BCUT2D eigenvalue weighted by atomic mass is 10.1. The number of anilines is 1. The summed E-state index contributed by atoms with van der Waals surface area (Å²) in [6.07, 6.45) is 3.52. The molecule has 0 saturated carbocycles. The van der Waals surface area contributed by atoms with Crippen LogP contribution in [0.4, 0.5) is 10.6 Å². The Kier molecular flexibility index (Phi) is 7.21. The van der Waals surface area contributed by atoms with Crippen molar-refractivity contribution in [2.45, 2.75) is 31.8 Å². The van der Waals surface area contributed by atoms with Crippen molar-refractivity contribution in [2.24, 2.45) is 0 Å². The number of carbonyl (C=O) groups excluding carboxylic acids is 1. The number of benzene rings is 1. The van der Waals surface area contributed by atoms with Gasteiger partial charge in [0.2, 0.25) is 5.88 Å². The fraction of sp³-hybridized carbons (Fsp3) is 0.375. The van der Waals surface area contributed by atoms with E-state index in [4.69, 9.17) is 14.6 Å². The topological polar surface area (TPSA) is 102 Å². The molecule has 0 radical (unpaired) electrons. The first kappa shape index (κ1) is 22.8. The molecule has 33 heavy (non-hydrogen) atoms. The molecule has 9 heteroatoms. The summed E-state index contributed by atoms with van der Waals surface area (Å²) in [7, 11) is 3.28. The number of pyridine rings is 1. The lowest BCUT2D eigenvalue weighted by Crippen LogP contribution is -2.39. The average Bonchev–Trinajstić information content (AvgIpc) is 3.42. The fourth-order valence-corrected chi connectivity index (χ4v) is 4.05. The number of amides is 2. The van der Waals surface area contributed by atoms with E-state index in [9.17, 15) is 4.79 Å². The highest BCUT2D eigenvalue weighted by molar-refractivity contribution is 5.91. The minimum atomic E-state index is -0.256. The maximum Gasteiger partial charge on any atom is 0.320 e. The van der Waals surface area contributed by atoms with Gasteiger partial charge in [0.05, 0.1) is 18.5 Å². The Morgan fingerprint density at radius 3 is 2.73 bits per heavy atom. The van der Waals surface area contributed by atoms with Gasteiger partial charge in [-0.2, -0.15) is 5.10 Å². The first-order valence-electron chi connectivity index (χ1n) is 11.0. The van der Waals surface area contributed by atoms with Gasteiger partial charge in [-0.15, -0.1) is 0 Å². The van der Waals surface area contributed by atoms with Gasteiger partial charge in [-0.05, 0) is 38.0 Å². The van der Waals surface area contributed by atoms with Gasteiger partial charge in [-0.25, -0.2) is 14.5 Å². The zero-order chi connectivity index (χ0) is 23.2. The Balaban J connectivity index is 1.56. The van der Waals surface area contributed by atoms with E-state index in [2.05, 4.69) is 20.9 Å². The number of hydrogen-bond acceptors (Lipinski definition) is 6. The van der Waals surface area contributed by atoms with Gasteiger partial charge in [0, 0.05) is 55.7 Å². The molecule has 1 aliphatic rings. The number of hydrogen-bond donors (Lipinski definition) is 3. The third-order valence-electron chi connectivity index (χ3n) is 5.80. The van der Waals surface area contributed by atoms with Crippen LogP contribution in [0.5, 0.6) is 5.88 Å². The van der Waals surface area contributed by atoms with Crippen LogP contribution in [0.15, 0.2) is 48.7 Å². The Morgan fingerprint density at radius 1 is 1.21 bits per heavy atom. The molecule has 1 aliphatic heterocycles. The third-order valence-corrected chi connectivity index (χ3v) is 5.80. The van der Waals surface area contributed by atoms with Crippen LogP contribution in [0.1, 0.15) is 18.4 Å². The number of nitrogens with one attached hydrogen (secondary N) is 3. The van der Waals surface area contributed by atoms with Gasteiger partial charge in [0.25, 0.3) is 0 Å². The summed E-state index contributed by atoms with van der Waals surface area (Å²) >= 11 is 0. The van der Waals surface area contributed by atoms with Crippen LogP contribution >= 0.6 is 0 Å². The number of methoxy groups -OCH3 is 2. The second kappa shape index (κ2) is 10.5. The predicted octanol–water partition coefficient (Wildman–Crippen LogP) is 3.14. The van der Waals surface area contributed by atoms with Crippen molar-refractivity contribution in [3.8, 4) is 22.8 Å². The molecule has 0 bridgehead atoms. The molecule has 3 aromatic rings. The molecule has 0 spiro atoms. The maximum absolute atomic E-state index is 12.9. The highest BCUT2D eigenvalue weighted by atomic mass is 16.5. The molecule has 0 unspecified atom stereocenters. The molecule has 1 fully saturated rings. The summed E-state index contributed by atoms with van der Waals surface area (Å²) in [5, 5.41) is 14.3. The van der Waals surface area contributed by atoms with Crippen molar-refractivity contribution in [1.29, 1.82) is 0 Å². The molecule has 2 atom stereocenters. The van der Waals surface area contributed by atoms with Gasteiger partial charge in [0.15, 0.2) is 0 Å². The summed E-state index contributed by atoms with van der Waals surface area (Å²) in [4.78, 5) is 17.2. The summed E-state index contributed by atoms with van der Waals surface area (Å²) < 4.78 is 12.1. The summed E-state index contributed by atoms with van der Waals surface area (Å²) in [5.41, 5.74) is 3.29. The maximum atomic E-state index is 12.9. The van der Waals surface area contributed by atoms with Crippen LogP contribution in [0.3, 0.4) is 0 Å². The number of urea groups is 1.